The molecule has 108 valence electrons. The Hall–Kier alpha value is -1.36. The summed E-state index contributed by atoms with van der Waals surface area (Å²) >= 11 is 13.1. The van der Waals surface area contributed by atoms with Crippen LogP contribution in [0.2, 0.25) is 8.67 Å². The molecule has 0 bridgehead atoms. The molecule has 0 spiro atoms. The van der Waals surface area contributed by atoms with E-state index in [1.54, 1.807) is 24.1 Å². The normalized spacial score (nSPS) is 14.2. The fraction of sp³-hybridized carbons (Fsp3) is 0.200. The Labute approximate surface area is 136 Å². The highest BCUT2D eigenvalue weighted by Crippen LogP contribution is 2.34. The molecule has 1 aliphatic heterocycles. The molecule has 1 aliphatic rings. The molecule has 3 rings (SSSR count). The summed E-state index contributed by atoms with van der Waals surface area (Å²) in [6, 6.07) is 6.95. The second kappa shape index (κ2) is 5.44. The number of thiophene rings is 1. The van der Waals surface area contributed by atoms with Gasteiger partial charge in [0.05, 0.1) is 9.90 Å². The number of fused-ring (bicyclic) bond motifs is 1. The molecule has 6 heteroatoms. The Balaban J connectivity index is 1.99. The first-order valence-corrected chi connectivity index (χ1v) is 7.93. The first kappa shape index (κ1) is 14.6. The van der Waals surface area contributed by atoms with E-state index in [2.05, 4.69) is 0 Å². The number of carbonyl (C=O) groups excluding carboxylic acids is 2. The van der Waals surface area contributed by atoms with Crippen molar-refractivity contribution in [1.82, 2.24) is 0 Å². The zero-order valence-corrected chi connectivity index (χ0v) is 13.5. The lowest BCUT2D eigenvalue weighted by Gasteiger charge is -2.26. The van der Waals surface area contributed by atoms with Crippen LogP contribution in [0.15, 0.2) is 24.3 Å². The predicted molar refractivity (Wildman–Crippen MR) is 85.9 cm³/mol. The van der Waals surface area contributed by atoms with Gasteiger partial charge in [-0.15, -0.1) is 11.3 Å². The van der Waals surface area contributed by atoms with Gasteiger partial charge in [-0.1, -0.05) is 23.2 Å². The van der Waals surface area contributed by atoms with Crippen LogP contribution in [0.25, 0.3) is 0 Å². The van der Waals surface area contributed by atoms with Gasteiger partial charge in [-0.05, 0) is 36.2 Å². The SMILES string of the molecule is CN1C(=O)CCc2cc(C(=O)c3cc(Cl)sc3Cl)ccc21. The molecule has 0 aliphatic carbocycles. The van der Waals surface area contributed by atoms with Crippen LogP contribution in [-0.4, -0.2) is 18.7 Å². The highest BCUT2D eigenvalue weighted by molar-refractivity contribution is 7.20. The maximum absolute atomic E-state index is 12.5. The molecule has 21 heavy (non-hydrogen) atoms. The van der Waals surface area contributed by atoms with E-state index >= 15 is 0 Å². The van der Waals surface area contributed by atoms with E-state index < -0.39 is 0 Å². The van der Waals surface area contributed by atoms with Crippen LogP contribution in [-0.2, 0) is 11.2 Å². The third-order valence-electron chi connectivity index (χ3n) is 3.59. The molecular formula is C15H11Cl2NO2S. The largest absolute Gasteiger partial charge is 0.315 e. The summed E-state index contributed by atoms with van der Waals surface area (Å²) in [4.78, 5) is 25.8. The van der Waals surface area contributed by atoms with Crippen molar-refractivity contribution in [2.75, 3.05) is 11.9 Å². The van der Waals surface area contributed by atoms with Gasteiger partial charge in [0.25, 0.3) is 0 Å². The van der Waals surface area contributed by atoms with Crippen molar-refractivity contribution in [3.05, 3.63) is 49.6 Å². The summed E-state index contributed by atoms with van der Waals surface area (Å²) in [6.45, 7) is 0. The first-order valence-electron chi connectivity index (χ1n) is 6.36. The van der Waals surface area contributed by atoms with Crippen LogP contribution in [0, 0.1) is 0 Å². The molecule has 1 amide bonds. The van der Waals surface area contributed by atoms with E-state index in [1.807, 2.05) is 12.1 Å². The summed E-state index contributed by atoms with van der Waals surface area (Å²) in [6.07, 6.45) is 1.12. The topological polar surface area (TPSA) is 37.4 Å². The van der Waals surface area contributed by atoms with Crippen LogP contribution in [0.3, 0.4) is 0 Å². The summed E-state index contributed by atoms with van der Waals surface area (Å²) in [7, 11) is 1.75. The molecule has 0 saturated heterocycles. The predicted octanol–water partition coefficient (Wildman–Crippen LogP) is 4.19. The van der Waals surface area contributed by atoms with Gasteiger partial charge in [0, 0.05) is 24.7 Å². The quantitative estimate of drug-likeness (QED) is 0.769. The number of amides is 1. The highest BCUT2D eigenvalue weighted by Gasteiger charge is 2.23. The molecule has 2 heterocycles. The third-order valence-corrected chi connectivity index (χ3v) is 5.07. The van der Waals surface area contributed by atoms with Crippen LogP contribution in [0.4, 0.5) is 5.69 Å². The van der Waals surface area contributed by atoms with Crippen LogP contribution >= 0.6 is 34.5 Å². The number of benzene rings is 1. The summed E-state index contributed by atoms with van der Waals surface area (Å²) in [5.41, 5.74) is 2.84. The minimum atomic E-state index is -0.148. The number of aryl methyl sites for hydroxylation is 1. The summed E-state index contributed by atoms with van der Waals surface area (Å²) in [5.74, 6) is -0.0558. The van der Waals surface area contributed by atoms with Gasteiger partial charge in [-0.25, -0.2) is 0 Å². The van der Waals surface area contributed by atoms with Crippen LogP contribution in [0.5, 0.6) is 0 Å². The van der Waals surface area contributed by atoms with Crippen molar-refractivity contribution >= 4 is 51.9 Å². The van der Waals surface area contributed by atoms with E-state index in [-0.39, 0.29) is 11.7 Å². The highest BCUT2D eigenvalue weighted by atomic mass is 35.5. The maximum atomic E-state index is 12.5. The Bertz CT molecular complexity index is 754. The number of hydrogen-bond acceptors (Lipinski definition) is 3. The third kappa shape index (κ3) is 2.59. The van der Waals surface area contributed by atoms with Gasteiger partial charge in [-0.3, -0.25) is 9.59 Å². The fourth-order valence-electron chi connectivity index (χ4n) is 2.45. The number of hydrogen-bond donors (Lipinski definition) is 0. The molecule has 0 atom stereocenters. The number of nitrogens with zero attached hydrogens (tertiary/aromatic N) is 1. The van der Waals surface area contributed by atoms with E-state index in [1.165, 1.54) is 11.3 Å². The number of halogens is 2. The maximum Gasteiger partial charge on any atom is 0.227 e. The molecule has 0 saturated carbocycles. The first-order chi connectivity index (χ1) is 9.97. The Morgan fingerprint density at radius 2 is 2.00 bits per heavy atom. The zero-order chi connectivity index (χ0) is 15.1. The van der Waals surface area contributed by atoms with Crippen molar-refractivity contribution in [3.8, 4) is 0 Å². The molecule has 1 aromatic carbocycles. The molecule has 0 radical (unpaired) electrons. The number of rotatable bonds is 2. The van der Waals surface area contributed by atoms with Crippen molar-refractivity contribution in [3.63, 3.8) is 0 Å². The minimum absolute atomic E-state index is 0.0919. The van der Waals surface area contributed by atoms with Crippen molar-refractivity contribution in [2.24, 2.45) is 0 Å². The Morgan fingerprint density at radius 3 is 2.67 bits per heavy atom. The van der Waals surface area contributed by atoms with Crippen molar-refractivity contribution in [2.45, 2.75) is 12.8 Å². The number of ketones is 1. The number of carbonyl (C=O) groups is 2. The molecule has 0 fully saturated rings. The molecule has 3 nitrogen and oxygen atoms in total. The van der Waals surface area contributed by atoms with Crippen molar-refractivity contribution in [1.29, 1.82) is 0 Å². The molecule has 2 aromatic rings. The fourth-order valence-corrected chi connectivity index (χ4v) is 3.91. The van der Waals surface area contributed by atoms with E-state index in [0.717, 1.165) is 11.3 Å². The average molecular weight is 340 g/mol. The van der Waals surface area contributed by atoms with Crippen molar-refractivity contribution < 1.29 is 9.59 Å². The van der Waals surface area contributed by atoms with E-state index in [0.29, 0.717) is 32.6 Å². The van der Waals surface area contributed by atoms with Crippen LogP contribution < -0.4 is 4.90 Å². The Morgan fingerprint density at radius 1 is 1.24 bits per heavy atom. The van der Waals surface area contributed by atoms with Crippen LogP contribution in [0.1, 0.15) is 27.9 Å². The molecule has 1 aromatic heterocycles. The number of anilines is 1. The zero-order valence-electron chi connectivity index (χ0n) is 11.2. The Kier molecular flexibility index (Phi) is 3.78. The monoisotopic (exact) mass is 339 g/mol. The molecular weight excluding hydrogens is 329 g/mol. The van der Waals surface area contributed by atoms with Gasteiger partial charge in [-0.2, -0.15) is 0 Å². The van der Waals surface area contributed by atoms with Gasteiger partial charge >= 0.3 is 0 Å². The smallest absolute Gasteiger partial charge is 0.227 e. The summed E-state index contributed by atoms with van der Waals surface area (Å²) in [5, 5.41) is 0. The molecule has 0 N–H and O–H groups in total. The molecule has 0 unspecified atom stereocenters. The van der Waals surface area contributed by atoms with Gasteiger partial charge in [0.15, 0.2) is 5.78 Å². The second-order valence-corrected chi connectivity index (χ2v) is 7.15. The lowest BCUT2D eigenvalue weighted by atomic mass is 9.96. The standard InChI is InChI=1S/C15H11Cl2NO2S/c1-18-11-4-2-9(6-8(11)3-5-13(18)19)14(20)10-7-12(16)21-15(10)17/h2,4,6-7H,3,5H2,1H3. The minimum Gasteiger partial charge on any atom is -0.315 e. The van der Waals surface area contributed by atoms with E-state index in [4.69, 9.17) is 23.2 Å². The lowest BCUT2D eigenvalue weighted by molar-refractivity contribution is -0.118. The van der Waals surface area contributed by atoms with Gasteiger partial charge in [0.2, 0.25) is 5.91 Å². The summed E-state index contributed by atoms with van der Waals surface area (Å²) < 4.78 is 0.890. The van der Waals surface area contributed by atoms with E-state index in [9.17, 15) is 9.59 Å². The average Bonchev–Trinajstić information content (AvgIpc) is 2.80. The second-order valence-electron chi connectivity index (χ2n) is 4.86. The van der Waals surface area contributed by atoms with Gasteiger partial charge in [0.1, 0.15) is 4.34 Å². The lowest BCUT2D eigenvalue weighted by Crippen LogP contribution is -2.31. The van der Waals surface area contributed by atoms with Gasteiger partial charge < -0.3 is 4.90 Å².